The molecule has 0 heterocycles. The van der Waals surface area contributed by atoms with Crippen molar-refractivity contribution in [3.05, 3.63) is 29.0 Å². The number of benzene rings is 1. The maximum absolute atomic E-state index is 14.1. The molecule has 0 aromatic heterocycles. The van der Waals surface area contributed by atoms with Gasteiger partial charge in [0.2, 0.25) is 0 Å². The van der Waals surface area contributed by atoms with Crippen LogP contribution in [0.2, 0.25) is 5.02 Å². The van der Waals surface area contributed by atoms with Crippen LogP contribution in [0.15, 0.2) is 18.2 Å². The molecular formula is C17H23ClFNO. The molecule has 0 aliphatic heterocycles. The summed E-state index contributed by atoms with van der Waals surface area (Å²) in [7, 11) is 0. The number of ether oxygens (including phenoxy) is 1. The van der Waals surface area contributed by atoms with E-state index in [1.807, 2.05) is 6.92 Å². The van der Waals surface area contributed by atoms with Crippen LogP contribution in [0.1, 0.15) is 45.4 Å². The van der Waals surface area contributed by atoms with Gasteiger partial charge in [-0.05, 0) is 38.3 Å². The summed E-state index contributed by atoms with van der Waals surface area (Å²) in [6.07, 6.45) is 7.44. The summed E-state index contributed by atoms with van der Waals surface area (Å²) in [4.78, 5) is 0. The molecule has 0 saturated heterocycles. The molecule has 1 aromatic rings. The lowest BCUT2D eigenvalue weighted by Crippen LogP contribution is -2.62. The average Bonchev–Trinajstić information content (AvgIpc) is 2.51. The second-order valence-corrected chi connectivity index (χ2v) is 6.68. The van der Waals surface area contributed by atoms with Crippen molar-refractivity contribution >= 4 is 17.3 Å². The van der Waals surface area contributed by atoms with Crippen molar-refractivity contribution in [1.82, 2.24) is 0 Å². The Morgan fingerprint density at radius 1 is 1.33 bits per heavy atom. The van der Waals surface area contributed by atoms with Crippen LogP contribution in [-0.2, 0) is 4.74 Å². The van der Waals surface area contributed by atoms with Crippen LogP contribution >= 0.6 is 11.6 Å². The van der Waals surface area contributed by atoms with Crippen molar-refractivity contribution in [2.75, 3.05) is 11.9 Å². The van der Waals surface area contributed by atoms with Crippen LogP contribution in [0.5, 0.6) is 0 Å². The van der Waals surface area contributed by atoms with E-state index < -0.39 is 0 Å². The van der Waals surface area contributed by atoms with Gasteiger partial charge in [0.25, 0.3) is 0 Å². The molecule has 1 aromatic carbocycles. The molecule has 116 valence electrons. The second kappa shape index (κ2) is 6.13. The number of nitrogens with one attached hydrogen (secondary N) is 1. The SMILES string of the molecule is CCOC1CC(Nc2cccc(Cl)c2F)C12CCCCC2. The van der Waals surface area contributed by atoms with Gasteiger partial charge in [0.05, 0.1) is 16.8 Å². The largest absolute Gasteiger partial charge is 0.379 e. The quantitative estimate of drug-likeness (QED) is 0.843. The third-order valence-corrected chi connectivity index (χ3v) is 5.51. The molecule has 2 aliphatic carbocycles. The van der Waals surface area contributed by atoms with Crippen LogP contribution in [0.25, 0.3) is 0 Å². The maximum Gasteiger partial charge on any atom is 0.164 e. The number of hydrogen-bond acceptors (Lipinski definition) is 2. The summed E-state index contributed by atoms with van der Waals surface area (Å²) >= 11 is 5.87. The maximum atomic E-state index is 14.1. The second-order valence-electron chi connectivity index (χ2n) is 6.27. The summed E-state index contributed by atoms with van der Waals surface area (Å²) in [5.74, 6) is -0.343. The highest BCUT2D eigenvalue weighted by molar-refractivity contribution is 6.31. The fourth-order valence-electron chi connectivity index (χ4n) is 4.07. The highest BCUT2D eigenvalue weighted by atomic mass is 35.5. The molecule has 2 aliphatic rings. The molecule has 0 radical (unpaired) electrons. The molecule has 2 saturated carbocycles. The van der Waals surface area contributed by atoms with Crippen molar-refractivity contribution in [3.8, 4) is 0 Å². The van der Waals surface area contributed by atoms with E-state index in [1.165, 1.54) is 32.1 Å². The Labute approximate surface area is 131 Å². The van der Waals surface area contributed by atoms with Gasteiger partial charge in [0.1, 0.15) is 0 Å². The number of hydrogen-bond donors (Lipinski definition) is 1. The van der Waals surface area contributed by atoms with Crippen molar-refractivity contribution in [3.63, 3.8) is 0 Å². The van der Waals surface area contributed by atoms with Crippen LogP contribution < -0.4 is 5.32 Å². The third kappa shape index (κ3) is 2.66. The van der Waals surface area contributed by atoms with E-state index in [9.17, 15) is 4.39 Å². The number of rotatable bonds is 4. The van der Waals surface area contributed by atoms with Crippen LogP contribution in [0, 0.1) is 11.2 Å². The molecule has 2 atom stereocenters. The topological polar surface area (TPSA) is 21.3 Å². The van der Waals surface area contributed by atoms with Gasteiger partial charge < -0.3 is 10.1 Å². The Morgan fingerprint density at radius 3 is 2.81 bits per heavy atom. The van der Waals surface area contributed by atoms with E-state index in [0.717, 1.165) is 13.0 Å². The van der Waals surface area contributed by atoms with Crippen molar-refractivity contribution in [1.29, 1.82) is 0 Å². The number of halogens is 2. The van der Waals surface area contributed by atoms with E-state index in [0.29, 0.717) is 17.8 Å². The Balaban J connectivity index is 1.77. The molecule has 1 spiro atoms. The summed E-state index contributed by atoms with van der Waals surface area (Å²) in [6.45, 7) is 2.80. The summed E-state index contributed by atoms with van der Waals surface area (Å²) in [6, 6.07) is 5.44. The number of anilines is 1. The standard InChI is InChI=1S/C17H23ClFNO/c1-2-21-15-11-14(17(15)9-4-3-5-10-17)20-13-8-6-7-12(18)16(13)19/h6-8,14-15,20H,2-5,9-11H2,1H3. The Bertz CT molecular complexity index is 502. The summed E-state index contributed by atoms with van der Waals surface area (Å²) in [5, 5.41) is 3.58. The Kier molecular flexibility index (Phi) is 4.41. The van der Waals surface area contributed by atoms with Crippen molar-refractivity contribution < 1.29 is 9.13 Å². The highest BCUT2D eigenvalue weighted by Crippen LogP contribution is 2.54. The fraction of sp³-hybridized carbons (Fsp3) is 0.647. The predicted octanol–water partition coefficient (Wildman–Crippen LogP) is 5.02. The Morgan fingerprint density at radius 2 is 2.10 bits per heavy atom. The fourth-order valence-corrected chi connectivity index (χ4v) is 4.24. The van der Waals surface area contributed by atoms with Gasteiger partial charge in [-0.3, -0.25) is 0 Å². The molecule has 3 rings (SSSR count). The third-order valence-electron chi connectivity index (χ3n) is 5.22. The zero-order chi connectivity index (χ0) is 14.9. The zero-order valence-corrected chi connectivity index (χ0v) is 13.3. The van der Waals surface area contributed by atoms with Gasteiger partial charge in [-0.25, -0.2) is 4.39 Å². The first-order chi connectivity index (χ1) is 10.2. The molecule has 4 heteroatoms. The molecule has 0 bridgehead atoms. The van der Waals surface area contributed by atoms with Crippen LogP contribution in [-0.4, -0.2) is 18.8 Å². The van der Waals surface area contributed by atoms with Gasteiger partial charge in [0, 0.05) is 18.1 Å². The molecular weight excluding hydrogens is 289 g/mol. The first-order valence-corrected chi connectivity index (χ1v) is 8.37. The van der Waals surface area contributed by atoms with Crippen LogP contribution in [0.4, 0.5) is 10.1 Å². The molecule has 2 unspecified atom stereocenters. The summed E-state index contributed by atoms with van der Waals surface area (Å²) < 4.78 is 20.0. The molecule has 2 nitrogen and oxygen atoms in total. The van der Waals surface area contributed by atoms with E-state index in [2.05, 4.69) is 5.32 Å². The predicted molar refractivity (Wildman–Crippen MR) is 84.4 cm³/mol. The summed E-state index contributed by atoms with van der Waals surface area (Å²) in [5.41, 5.74) is 0.704. The highest BCUT2D eigenvalue weighted by Gasteiger charge is 2.55. The lowest BCUT2D eigenvalue weighted by atomic mass is 9.55. The molecule has 1 N–H and O–H groups in total. The van der Waals surface area contributed by atoms with Gasteiger partial charge in [-0.2, -0.15) is 0 Å². The van der Waals surface area contributed by atoms with Gasteiger partial charge >= 0.3 is 0 Å². The smallest absolute Gasteiger partial charge is 0.164 e. The first-order valence-electron chi connectivity index (χ1n) is 7.99. The van der Waals surface area contributed by atoms with E-state index in [-0.39, 0.29) is 16.3 Å². The molecule has 21 heavy (non-hydrogen) atoms. The molecule has 2 fully saturated rings. The van der Waals surface area contributed by atoms with Crippen LogP contribution in [0.3, 0.4) is 0 Å². The van der Waals surface area contributed by atoms with Gasteiger partial charge in [-0.1, -0.05) is 36.9 Å². The van der Waals surface area contributed by atoms with E-state index in [1.54, 1.807) is 18.2 Å². The van der Waals surface area contributed by atoms with E-state index >= 15 is 0 Å². The monoisotopic (exact) mass is 311 g/mol. The zero-order valence-electron chi connectivity index (χ0n) is 12.5. The average molecular weight is 312 g/mol. The first kappa shape index (κ1) is 15.1. The lowest BCUT2D eigenvalue weighted by Gasteiger charge is -2.58. The minimum atomic E-state index is -0.343. The molecule has 0 amide bonds. The van der Waals surface area contributed by atoms with Crippen molar-refractivity contribution in [2.24, 2.45) is 5.41 Å². The van der Waals surface area contributed by atoms with Gasteiger partial charge in [-0.15, -0.1) is 0 Å². The lowest BCUT2D eigenvalue weighted by molar-refractivity contribution is -0.134. The minimum Gasteiger partial charge on any atom is -0.379 e. The Hall–Kier alpha value is -0.800. The van der Waals surface area contributed by atoms with Gasteiger partial charge in [0.15, 0.2) is 5.82 Å². The van der Waals surface area contributed by atoms with E-state index in [4.69, 9.17) is 16.3 Å². The normalized spacial score (nSPS) is 27.4. The minimum absolute atomic E-state index is 0.179. The van der Waals surface area contributed by atoms with Crippen molar-refractivity contribution in [2.45, 2.75) is 57.6 Å².